The largest absolute Gasteiger partial charge is 0.493 e. The van der Waals surface area contributed by atoms with Crippen molar-refractivity contribution in [1.29, 1.82) is 0 Å². The molecule has 2 atom stereocenters. The van der Waals surface area contributed by atoms with E-state index in [4.69, 9.17) is 21.7 Å². The van der Waals surface area contributed by atoms with E-state index in [1.165, 1.54) is 0 Å². The average molecular weight is 306 g/mol. The van der Waals surface area contributed by atoms with Crippen LogP contribution in [0.5, 0.6) is 11.5 Å². The van der Waals surface area contributed by atoms with Crippen LogP contribution in [-0.4, -0.2) is 31.3 Å². The Hall–Kier alpha value is -1.82. The highest BCUT2D eigenvalue weighted by atomic mass is 32.1. The van der Waals surface area contributed by atoms with Gasteiger partial charge in [-0.05, 0) is 25.0 Å². The van der Waals surface area contributed by atoms with Crippen LogP contribution >= 0.6 is 12.2 Å². The SMILES string of the molecule is COc1ccc(N2C(=O)NC(=S)C3CCCC32)cc1OC. The van der Waals surface area contributed by atoms with Crippen LogP contribution in [-0.2, 0) is 0 Å². The van der Waals surface area contributed by atoms with E-state index in [1.54, 1.807) is 19.1 Å². The van der Waals surface area contributed by atoms with E-state index in [-0.39, 0.29) is 18.0 Å². The number of hydrogen-bond acceptors (Lipinski definition) is 4. The number of nitrogens with zero attached hydrogens (tertiary/aromatic N) is 1. The highest BCUT2D eigenvalue weighted by Gasteiger charge is 2.42. The van der Waals surface area contributed by atoms with E-state index in [0.29, 0.717) is 16.5 Å². The Kier molecular flexibility index (Phi) is 3.71. The van der Waals surface area contributed by atoms with Gasteiger partial charge in [-0.2, -0.15) is 0 Å². The van der Waals surface area contributed by atoms with Crippen molar-refractivity contribution in [2.45, 2.75) is 25.3 Å². The highest BCUT2D eigenvalue weighted by molar-refractivity contribution is 7.80. The van der Waals surface area contributed by atoms with Gasteiger partial charge in [0.15, 0.2) is 11.5 Å². The third kappa shape index (κ3) is 2.33. The maximum atomic E-state index is 12.4. The normalized spacial score (nSPS) is 24.6. The van der Waals surface area contributed by atoms with Gasteiger partial charge in [0.2, 0.25) is 0 Å². The number of amides is 2. The number of ether oxygens (including phenoxy) is 2. The van der Waals surface area contributed by atoms with Crippen molar-refractivity contribution >= 4 is 28.9 Å². The zero-order valence-corrected chi connectivity index (χ0v) is 12.9. The Balaban J connectivity index is 1.98. The molecule has 1 saturated heterocycles. The van der Waals surface area contributed by atoms with Crippen LogP contribution in [0.15, 0.2) is 18.2 Å². The Morgan fingerprint density at radius 3 is 2.71 bits per heavy atom. The number of rotatable bonds is 3. The molecular weight excluding hydrogens is 288 g/mol. The molecule has 6 heteroatoms. The Morgan fingerprint density at radius 1 is 1.24 bits per heavy atom. The molecule has 5 nitrogen and oxygen atoms in total. The number of benzene rings is 1. The van der Waals surface area contributed by atoms with Crippen molar-refractivity contribution in [3.05, 3.63) is 18.2 Å². The molecule has 1 heterocycles. The van der Waals surface area contributed by atoms with E-state index >= 15 is 0 Å². The van der Waals surface area contributed by atoms with E-state index in [9.17, 15) is 4.79 Å². The molecule has 0 radical (unpaired) electrons. The highest BCUT2D eigenvalue weighted by Crippen LogP contribution is 2.39. The fraction of sp³-hybridized carbons (Fsp3) is 0.467. The summed E-state index contributed by atoms with van der Waals surface area (Å²) in [5, 5.41) is 2.81. The van der Waals surface area contributed by atoms with Gasteiger partial charge < -0.3 is 14.8 Å². The first-order valence-corrected chi connectivity index (χ1v) is 7.42. The van der Waals surface area contributed by atoms with Gasteiger partial charge in [0, 0.05) is 23.7 Å². The summed E-state index contributed by atoms with van der Waals surface area (Å²) in [6.45, 7) is 0. The molecule has 112 valence electrons. The lowest BCUT2D eigenvalue weighted by atomic mass is 9.99. The lowest BCUT2D eigenvalue weighted by molar-refractivity contribution is 0.244. The number of thiocarbonyl (C=S) groups is 1. The predicted molar refractivity (Wildman–Crippen MR) is 84.3 cm³/mol. The molecule has 1 aromatic rings. The summed E-state index contributed by atoms with van der Waals surface area (Å²) in [7, 11) is 3.18. The molecule has 2 fully saturated rings. The first-order valence-electron chi connectivity index (χ1n) is 7.01. The standard InChI is InChI=1S/C15H18N2O3S/c1-19-12-7-6-9(8-13(12)20-2)17-11-5-3-4-10(11)14(21)16-15(17)18/h6-8,10-11H,3-5H2,1-2H3,(H,16,18,21). The maximum Gasteiger partial charge on any atom is 0.326 e. The minimum Gasteiger partial charge on any atom is -0.493 e. The second-order valence-electron chi connectivity index (χ2n) is 5.31. The van der Waals surface area contributed by atoms with Crippen LogP contribution in [0.4, 0.5) is 10.5 Å². The summed E-state index contributed by atoms with van der Waals surface area (Å²) in [6.07, 6.45) is 3.11. The lowest BCUT2D eigenvalue weighted by Gasteiger charge is -2.38. The number of carbonyl (C=O) groups is 1. The molecular formula is C15H18N2O3S. The molecule has 2 aliphatic rings. The van der Waals surface area contributed by atoms with Crippen molar-refractivity contribution < 1.29 is 14.3 Å². The molecule has 1 aromatic carbocycles. The van der Waals surface area contributed by atoms with Crippen LogP contribution in [0, 0.1) is 5.92 Å². The average Bonchev–Trinajstić information content (AvgIpc) is 2.96. The number of hydrogen-bond donors (Lipinski definition) is 1. The lowest BCUT2D eigenvalue weighted by Crippen LogP contribution is -2.58. The van der Waals surface area contributed by atoms with Gasteiger partial charge >= 0.3 is 6.03 Å². The zero-order chi connectivity index (χ0) is 15.0. The smallest absolute Gasteiger partial charge is 0.326 e. The molecule has 2 amide bonds. The molecule has 0 bridgehead atoms. The van der Waals surface area contributed by atoms with Gasteiger partial charge in [0.1, 0.15) is 0 Å². The number of methoxy groups -OCH3 is 2. The summed E-state index contributed by atoms with van der Waals surface area (Å²) < 4.78 is 10.6. The summed E-state index contributed by atoms with van der Waals surface area (Å²) in [5.41, 5.74) is 0.810. The molecule has 0 aromatic heterocycles. The summed E-state index contributed by atoms with van der Waals surface area (Å²) >= 11 is 5.31. The molecule has 2 unspecified atom stereocenters. The fourth-order valence-corrected chi connectivity index (χ4v) is 3.61. The summed E-state index contributed by atoms with van der Waals surface area (Å²) in [5.74, 6) is 1.52. The first-order chi connectivity index (χ1) is 10.2. The third-order valence-corrected chi connectivity index (χ3v) is 4.65. The zero-order valence-electron chi connectivity index (χ0n) is 12.1. The second-order valence-corrected chi connectivity index (χ2v) is 5.75. The first kappa shape index (κ1) is 14.1. The van der Waals surface area contributed by atoms with E-state index in [0.717, 1.165) is 24.9 Å². The van der Waals surface area contributed by atoms with Crippen molar-refractivity contribution in [1.82, 2.24) is 5.32 Å². The Labute approximate surface area is 129 Å². The van der Waals surface area contributed by atoms with Crippen molar-refractivity contribution in [2.24, 2.45) is 5.92 Å². The van der Waals surface area contributed by atoms with Gasteiger partial charge in [-0.1, -0.05) is 18.6 Å². The number of carbonyl (C=O) groups excluding carboxylic acids is 1. The van der Waals surface area contributed by atoms with E-state index < -0.39 is 0 Å². The van der Waals surface area contributed by atoms with Crippen LogP contribution < -0.4 is 19.7 Å². The minimum atomic E-state index is -0.157. The number of anilines is 1. The van der Waals surface area contributed by atoms with E-state index in [2.05, 4.69) is 5.32 Å². The van der Waals surface area contributed by atoms with Gasteiger partial charge in [0.05, 0.1) is 19.2 Å². The van der Waals surface area contributed by atoms with Crippen LogP contribution in [0.1, 0.15) is 19.3 Å². The molecule has 21 heavy (non-hydrogen) atoms. The molecule has 1 aliphatic carbocycles. The molecule has 1 N–H and O–H groups in total. The fourth-order valence-electron chi connectivity index (χ4n) is 3.25. The van der Waals surface area contributed by atoms with E-state index in [1.807, 2.05) is 18.2 Å². The molecule has 1 saturated carbocycles. The number of nitrogens with one attached hydrogen (secondary N) is 1. The second kappa shape index (κ2) is 5.52. The van der Waals surface area contributed by atoms with Crippen molar-refractivity contribution in [3.63, 3.8) is 0 Å². The monoisotopic (exact) mass is 306 g/mol. The maximum absolute atomic E-state index is 12.4. The van der Waals surface area contributed by atoms with Crippen LogP contribution in [0.2, 0.25) is 0 Å². The summed E-state index contributed by atoms with van der Waals surface area (Å²) in [6, 6.07) is 5.52. The predicted octanol–water partition coefficient (Wildman–Crippen LogP) is 2.73. The van der Waals surface area contributed by atoms with Crippen molar-refractivity contribution in [2.75, 3.05) is 19.1 Å². The Morgan fingerprint density at radius 2 is 2.00 bits per heavy atom. The molecule has 1 aliphatic heterocycles. The van der Waals surface area contributed by atoms with Gasteiger partial charge in [0.25, 0.3) is 0 Å². The quantitative estimate of drug-likeness (QED) is 0.872. The van der Waals surface area contributed by atoms with Gasteiger partial charge in [-0.3, -0.25) is 4.90 Å². The number of urea groups is 1. The minimum absolute atomic E-state index is 0.143. The summed E-state index contributed by atoms with van der Waals surface area (Å²) in [4.78, 5) is 14.8. The topological polar surface area (TPSA) is 50.8 Å². The van der Waals surface area contributed by atoms with Gasteiger partial charge in [-0.25, -0.2) is 4.79 Å². The third-order valence-electron chi connectivity index (χ3n) is 4.24. The van der Waals surface area contributed by atoms with Gasteiger partial charge in [-0.15, -0.1) is 0 Å². The Bertz CT molecular complexity index is 590. The molecule has 0 spiro atoms. The van der Waals surface area contributed by atoms with Crippen molar-refractivity contribution in [3.8, 4) is 11.5 Å². The van der Waals surface area contributed by atoms with Crippen LogP contribution in [0.3, 0.4) is 0 Å². The number of fused-ring (bicyclic) bond motifs is 1. The molecule has 3 rings (SSSR count). The van der Waals surface area contributed by atoms with Crippen LogP contribution in [0.25, 0.3) is 0 Å².